The van der Waals surface area contributed by atoms with Crippen LogP contribution in [0.15, 0.2) is 73.3 Å². The Morgan fingerprint density at radius 2 is 1.15 bits per heavy atom. The Hall–Kier alpha value is -5.26. The molecule has 2 aliphatic heterocycles. The number of hydrogen-bond acceptors (Lipinski definition) is 11. The predicted octanol–water partition coefficient (Wildman–Crippen LogP) is 4.35. The topological polar surface area (TPSA) is 146 Å². The molecule has 2 aromatic carbocycles. The fourth-order valence-electron chi connectivity index (χ4n) is 4.07. The number of aromatic nitrogens is 4. The Bertz CT molecular complexity index is 1490. The van der Waals surface area contributed by atoms with Crippen LogP contribution in [0.1, 0.15) is 33.6 Å². The molecule has 2 saturated heterocycles. The van der Waals surface area contributed by atoms with Crippen molar-refractivity contribution in [2.75, 3.05) is 53.7 Å². The summed E-state index contributed by atoms with van der Waals surface area (Å²) in [5.41, 5.74) is 2.44. The van der Waals surface area contributed by atoms with Crippen LogP contribution in [0, 0.1) is 0 Å². The second-order valence-electron chi connectivity index (χ2n) is 9.41. The van der Waals surface area contributed by atoms with Crippen molar-refractivity contribution in [2.45, 2.75) is 12.8 Å². The lowest BCUT2D eigenvalue weighted by atomic mass is 10.2. The summed E-state index contributed by atoms with van der Waals surface area (Å²) in [6.07, 6.45) is 5.49. The highest BCUT2D eigenvalue weighted by Gasteiger charge is 2.17. The van der Waals surface area contributed by atoms with Gasteiger partial charge in [0.05, 0.1) is 18.2 Å². The van der Waals surface area contributed by atoms with Crippen LogP contribution >= 0.6 is 0 Å². The van der Waals surface area contributed by atoms with E-state index in [0.717, 1.165) is 55.0 Å². The van der Waals surface area contributed by atoms with E-state index in [1.807, 2.05) is 24.3 Å². The summed E-state index contributed by atoms with van der Waals surface area (Å²) in [5.74, 6) is 2.01. The van der Waals surface area contributed by atoms with Crippen molar-refractivity contribution in [2.24, 2.45) is 0 Å². The highest BCUT2D eigenvalue weighted by Crippen LogP contribution is 2.23. The van der Waals surface area contributed by atoms with E-state index in [4.69, 9.17) is 5.11 Å². The van der Waals surface area contributed by atoms with Crippen LogP contribution < -0.4 is 20.4 Å². The van der Waals surface area contributed by atoms with Gasteiger partial charge in [-0.15, -0.1) is 0 Å². The van der Waals surface area contributed by atoms with Crippen molar-refractivity contribution >= 4 is 46.6 Å². The molecular weight excluding hydrogens is 524 g/mol. The number of carboxylic acid groups (broad SMARTS) is 1. The van der Waals surface area contributed by atoms with Gasteiger partial charge in [-0.25, -0.2) is 29.5 Å². The lowest BCUT2D eigenvalue weighted by Gasteiger charge is -2.31. The summed E-state index contributed by atoms with van der Waals surface area (Å²) < 4.78 is 4.67. The van der Waals surface area contributed by atoms with Crippen LogP contribution in [0.3, 0.4) is 0 Å². The van der Waals surface area contributed by atoms with Gasteiger partial charge in [0.1, 0.15) is 35.9 Å². The molecule has 0 aliphatic carbocycles. The minimum Gasteiger partial charge on any atom is -0.478 e. The Kier molecular flexibility index (Phi) is 8.48. The van der Waals surface area contributed by atoms with Gasteiger partial charge in [-0.2, -0.15) is 0 Å². The maximum absolute atomic E-state index is 11.4. The third kappa shape index (κ3) is 7.04. The fraction of sp³-hybridized carbons (Fsp3) is 0.241. The Balaban J connectivity index is 0.000000165. The quantitative estimate of drug-likeness (QED) is 0.266. The molecule has 12 heteroatoms. The largest absolute Gasteiger partial charge is 0.478 e. The van der Waals surface area contributed by atoms with Gasteiger partial charge in [0.25, 0.3) is 0 Å². The van der Waals surface area contributed by atoms with E-state index in [-0.39, 0.29) is 11.5 Å². The van der Waals surface area contributed by atoms with Crippen LogP contribution in [0.2, 0.25) is 0 Å². The molecule has 0 bridgehead atoms. The maximum atomic E-state index is 11.4. The Labute approximate surface area is 237 Å². The van der Waals surface area contributed by atoms with Gasteiger partial charge < -0.3 is 30.3 Å². The highest BCUT2D eigenvalue weighted by atomic mass is 16.5. The van der Waals surface area contributed by atoms with Gasteiger partial charge >= 0.3 is 11.9 Å². The Morgan fingerprint density at radius 3 is 1.51 bits per heavy atom. The first-order valence-corrected chi connectivity index (χ1v) is 13.2. The molecule has 0 radical (unpaired) electrons. The first kappa shape index (κ1) is 27.3. The summed E-state index contributed by atoms with van der Waals surface area (Å²) >= 11 is 0. The summed E-state index contributed by atoms with van der Waals surface area (Å²) in [4.78, 5) is 43.4. The summed E-state index contributed by atoms with van der Waals surface area (Å²) in [5, 5.41) is 15.2. The summed E-state index contributed by atoms with van der Waals surface area (Å²) in [6.45, 7) is 4.15. The molecule has 0 atom stereocenters. The second-order valence-corrected chi connectivity index (χ2v) is 9.41. The number of carbonyl (C=O) groups excluding carboxylic acids is 1. The molecule has 210 valence electrons. The van der Waals surface area contributed by atoms with Crippen molar-refractivity contribution < 1.29 is 19.4 Å². The molecule has 4 heterocycles. The zero-order chi connectivity index (χ0) is 28.6. The van der Waals surface area contributed by atoms with Gasteiger partial charge in [0, 0.05) is 49.7 Å². The van der Waals surface area contributed by atoms with E-state index in [2.05, 4.69) is 45.1 Å². The maximum Gasteiger partial charge on any atom is 0.337 e. The normalized spacial score (nSPS) is 13.6. The van der Waals surface area contributed by atoms with Crippen molar-refractivity contribution in [3.05, 3.63) is 84.4 Å². The van der Waals surface area contributed by atoms with Crippen molar-refractivity contribution in [3.8, 4) is 0 Å². The minimum absolute atomic E-state index is 0.263. The number of methoxy groups -OCH3 is 1. The van der Waals surface area contributed by atoms with Crippen LogP contribution in [0.5, 0.6) is 0 Å². The van der Waals surface area contributed by atoms with Crippen LogP contribution in [0.4, 0.5) is 34.6 Å². The number of nitrogens with zero attached hydrogens (tertiary/aromatic N) is 6. The summed E-state index contributed by atoms with van der Waals surface area (Å²) in [7, 11) is 1.37. The average molecular weight is 555 g/mol. The van der Waals surface area contributed by atoms with E-state index >= 15 is 0 Å². The predicted molar refractivity (Wildman–Crippen MR) is 155 cm³/mol. The van der Waals surface area contributed by atoms with Crippen molar-refractivity contribution in [1.82, 2.24) is 19.9 Å². The molecule has 12 nitrogen and oxygen atoms in total. The van der Waals surface area contributed by atoms with Gasteiger partial charge in [-0.3, -0.25) is 0 Å². The van der Waals surface area contributed by atoms with Crippen molar-refractivity contribution in [1.29, 1.82) is 0 Å². The number of anilines is 6. The molecule has 2 fully saturated rings. The molecule has 6 rings (SSSR count). The third-order valence-electron chi connectivity index (χ3n) is 6.65. The molecule has 41 heavy (non-hydrogen) atoms. The number of rotatable bonds is 8. The molecule has 0 unspecified atom stereocenters. The molecule has 4 aromatic rings. The SMILES string of the molecule is COC(=O)c1ccc(Nc2cc(N3CCC3)ncn2)cc1.O=C(O)c1ccc(Nc2cc(N3CCC3)ncn2)cc1. The number of hydrogen-bond donors (Lipinski definition) is 3. The van der Waals surface area contributed by atoms with Crippen LogP contribution in [0.25, 0.3) is 0 Å². The van der Waals surface area contributed by atoms with E-state index in [9.17, 15) is 9.59 Å². The zero-order valence-corrected chi connectivity index (χ0v) is 22.5. The molecular formula is C29H30N8O4. The number of carboxylic acids is 1. The molecule has 0 saturated carbocycles. The van der Waals surface area contributed by atoms with Gasteiger partial charge in [-0.1, -0.05) is 0 Å². The number of benzene rings is 2. The van der Waals surface area contributed by atoms with Crippen molar-refractivity contribution in [3.63, 3.8) is 0 Å². The van der Waals surface area contributed by atoms with Gasteiger partial charge in [0.15, 0.2) is 0 Å². The lowest BCUT2D eigenvalue weighted by Crippen LogP contribution is -2.37. The number of ether oxygens (including phenoxy) is 1. The molecule has 2 aliphatic rings. The average Bonchev–Trinajstić information content (AvgIpc) is 2.92. The Morgan fingerprint density at radius 1 is 0.707 bits per heavy atom. The fourth-order valence-corrected chi connectivity index (χ4v) is 4.07. The van der Waals surface area contributed by atoms with Gasteiger partial charge in [-0.05, 0) is 61.4 Å². The zero-order valence-electron chi connectivity index (χ0n) is 22.5. The van der Waals surface area contributed by atoms with E-state index in [1.165, 1.54) is 26.3 Å². The first-order valence-electron chi connectivity index (χ1n) is 13.2. The smallest absolute Gasteiger partial charge is 0.337 e. The highest BCUT2D eigenvalue weighted by molar-refractivity contribution is 5.90. The number of esters is 1. The molecule has 2 aromatic heterocycles. The summed E-state index contributed by atoms with van der Waals surface area (Å²) in [6, 6.07) is 17.4. The molecule has 0 amide bonds. The van der Waals surface area contributed by atoms with Gasteiger partial charge in [0.2, 0.25) is 0 Å². The number of carbonyl (C=O) groups is 2. The molecule has 0 spiro atoms. The minimum atomic E-state index is -0.932. The number of nitrogens with one attached hydrogen (secondary N) is 2. The number of aromatic carboxylic acids is 1. The van der Waals surface area contributed by atoms with E-state index in [0.29, 0.717) is 11.4 Å². The standard InChI is InChI=1S/C15H16N4O2.C14H14N4O2/c1-21-15(20)11-3-5-12(6-4-11)18-13-9-14(17-10-16-13)19-7-2-8-19;19-14(20)10-2-4-11(5-3-10)17-12-8-13(16-9-15-12)18-6-1-7-18/h3-6,9-10H,2,7-8H2,1H3,(H,16,17,18);2-5,8-9H,1,6-7H2,(H,19,20)(H,15,16,17). The van der Waals surface area contributed by atoms with Crippen LogP contribution in [-0.4, -0.2) is 70.3 Å². The monoisotopic (exact) mass is 554 g/mol. The van der Waals surface area contributed by atoms with Crippen LogP contribution in [-0.2, 0) is 4.74 Å². The third-order valence-corrected chi connectivity index (χ3v) is 6.65. The van der Waals surface area contributed by atoms with E-state index in [1.54, 1.807) is 42.7 Å². The first-order chi connectivity index (χ1) is 20.0. The van der Waals surface area contributed by atoms with E-state index < -0.39 is 5.97 Å². The second kappa shape index (κ2) is 12.7. The molecule has 3 N–H and O–H groups in total. The lowest BCUT2D eigenvalue weighted by molar-refractivity contribution is 0.0600.